The van der Waals surface area contributed by atoms with Crippen molar-refractivity contribution < 1.29 is 13.9 Å². The highest BCUT2D eigenvalue weighted by atomic mass is 16.5. The number of carbonyl (C=O) groups is 1. The molecular weight excluding hydrogens is 268 g/mol. The van der Waals surface area contributed by atoms with E-state index in [1.54, 1.807) is 24.9 Å². The molecule has 0 aromatic carbocycles. The van der Waals surface area contributed by atoms with Gasteiger partial charge >= 0.3 is 6.09 Å². The molecular formula is C16H18N2O3. The van der Waals surface area contributed by atoms with E-state index in [-0.39, 0.29) is 6.09 Å². The summed E-state index contributed by atoms with van der Waals surface area (Å²) in [6.45, 7) is 0.932. The Bertz CT molecular complexity index is 591. The standard InChI is InChI=1S/C16H18N2O3/c19-16(21-10-12-2-1-3-12)18-8-13-6-15(9-17-7-13)14-4-5-20-11-14/h4-7,9,11-12H,1-3,8,10H2,(H,18,19). The van der Waals surface area contributed by atoms with Gasteiger partial charge in [0.2, 0.25) is 0 Å². The van der Waals surface area contributed by atoms with Crippen molar-refractivity contribution in [3.8, 4) is 11.1 Å². The van der Waals surface area contributed by atoms with Crippen LogP contribution in [0.3, 0.4) is 0 Å². The van der Waals surface area contributed by atoms with E-state index in [0.29, 0.717) is 19.1 Å². The third-order valence-corrected chi connectivity index (χ3v) is 3.76. The molecule has 1 amide bonds. The summed E-state index contributed by atoms with van der Waals surface area (Å²) >= 11 is 0. The van der Waals surface area contributed by atoms with Gasteiger partial charge in [-0.3, -0.25) is 4.98 Å². The number of alkyl carbamates (subject to hydrolysis) is 1. The lowest BCUT2D eigenvalue weighted by atomic mass is 9.86. The largest absolute Gasteiger partial charge is 0.472 e. The topological polar surface area (TPSA) is 64.4 Å². The summed E-state index contributed by atoms with van der Waals surface area (Å²) in [6, 6.07) is 3.85. The number of nitrogens with zero attached hydrogens (tertiary/aromatic N) is 1. The second kappa shape index (κ2) is 6.43. The zero-order chi connectivity index (χ0) is 14.5. The Morgan fingerprint density at radius 1 is 1.38 bits per heavy atom. The van der Waals surface area contributed by atoms with Crippen LogP contribution in [-0.4, -0.2) is 17.7 Å². The summed E-state index contributed by atoms with van der Waals surface area (Å²) in [5.41, 5.74) is 2.86. The first kappa shape index (κ1) is 13.7. The van der Waals surface area contributed by atoms with Crippen molar-refractivity contribution in [2.75, 3.05) is 6.61 Å². The van der Waals surface area contributed by atoms with E-state index in [2.05, 4.69) is 10.3 Å². The zero-order valence-electron chi connectivity index (χ0n) is 11.7. The number of carbonyl (C=O) groups excluding carboxylic acids is 1. The number of amides is 1. The predicted octanol–water partition coefficient (Wildman–Crippen LogP) is 3.37. The summed E-state index contributed by atoms with van der Waals surface area (Å²) in [7, 11) is 0. The molecule has 5 heteroatoms. The summed E-state index contributed by atoms with van der Waals surface area (Å²) < 4.78 is 10.2. The van der Waals surface area contributed by atoms with Crippen LogP contribution >= 0.6 is 0 Å². The van der Waals surface area contributed by atoms with Crippen molar-refractivity contribution in [2.45, 2.75) is 25.8 Å². The average molecular weight is 286 g/mol. The third-order valence-electron chi connectivity index (χ3n) is 3.76. The summed E-state index contributed by atoms with van der Waals surface area (Å²) in [6.07, 6.45) is 10.0. The van der Waals surface area contributed by atoms with E-state index >= 15 is 0 Å². The van der Waals surface area contributed by atoms with E-state index in [1.165, 1.54) is 19.3 Å². The highest BCUT2D eigenvalue weighted by Crippen LogP contribution is 2.26. The van der Waals surface area contributed by atoms with E-state index < -0.39 is 0 Å². The summed E-state index contributed by atoms with van der Waals surface area (Å²) in [5, 5.41) is 2.75. The molecule has 2 aromatic rings. The molecule has 0 spiro atoms. The molecule has 0 aliphatic heterocycles. The molecule has 1 fully saturated rings. The van der Waals surface area contributed by atoms with Crippen LogP contribution in [0.4, 0.5) is 4.79 Å². The number of hydrogen-bond donors (Lipinski definition) is 1. The Kier molecular flexibility index (Phi) is 4.19. The Morgan fingerprint density at radius 2 is 2.29 bits per heavy atom. The van der Waals surface area contributed by atoms with Gasteiger partial charge in [-0.25, -0.2) is 4.79 Å². The molecule has 0 radical (unpaired) electrons. The van der Waals surface area contributed by atoms with E-state index in [4.69, 9.17) is 9.15 Å². The van der Waals surface area contributed by atoms with Crippen LogP contribution in [0.15, 0.2) is 41.5 Å². The highest BCUT2D eigenvalue weighted by Gasteiger charge is 2.18. The SMILES string of the molecule is O=C(NCc1cncc(-c2ccoc2)c1)OCC1CCC1. The lowest BCUT2D eigenvalue weighted by molar-refractivity contribution is 0.103. The third kappa shape index (κ3) is 3.62. The van der Waals surface area contributed by atoms with Crippen LogP contribution in [-0.2, 0) is 11.3 Å². The fourth-order valence-electron chi connectivity index (χ4n) is 2.25. The fourth-order valence-corrected chi connectivity index (χ4v) is 2.25. The summed E-state index contributed by atoms with van der Waals surface area (Å²) in [5.74, 6) is 0.557. The van der Waals surface area contributed by atoms with Gasteiger partial charge in [-0.15, -0.1) is 0 Å². The Labute approximate surface area is 123 Å². The van der Waals surface area contributed by atoms with Crippen LogP contribution in [0.1, 0.15) is 24.8 Å². The predicted molar refractivity (Wildman–Crippen MR) is 77.5 cm³/mol. The minimum atomic E-state index is -0.365. The first-order valence-corrected chi connectivity index (χ1v) is 7.18. The number of furan rings is 1. The van der Waals surface area contributed by atoms with Crippen molar-refractivity contribution in [2.24, 2.45) is 5.92 Å². The molecule has 0 atom stereocenters. The van der Waals surface area contributed by atoms with Crippen molar-refractivity contribution >= 4 is 6.09 Å². The monoisotopic (exact) mass is 286 g/mol. The van der Waals surface area contributed by atoms with Gasteiger partial charge < -0.3 is 14.5 Å². The number of aromatic nitrogens is 1. The van der Waals surface area contributed by atoms with Gasteiger partial charge in [-0.1, -0.05) is 6.42 Å². The van der Waals surface area contributed by atoms with Gasteiger partial charge in [0.05, 0.1) is 19.1 Å². The van der Waals surface area contributed by atoms with Crippen molar-refractivity contribution in [1.82, 2.24) is 10.3 Å². The molecule has 1 saturated carbocycles. The molecule has 21 heavy (non-hydrogen) atoms. The number of ether oxygens (including phenoxy) is 1. The summed E-state index contributed by atoms with van der Waals surface area (Å²) in [4.78, 5) is 15.8. The zero-order valence-corrected chi connectivity index (χ0v) is 11.7. The maximum absolute atomic E-state index is 11.6. The molecule has 0 saturated heterocycles. The van der Waals surface area contributed by atoms with Crippen molar-refractivity contribution in [3.05, 3.63) is 42.6 Å². The first-order chi connectivity index (χ1) is 10.3. The van der Waals surface area contributed by atoms with E-state index in [9.17, 15) is 4.79 Å². The second-order valence-corrected chi connectivity index (χ2v) is 5.34. The molecule has 2 heterocycles. The molecule has 5 nitrogen and oxygen atoms in total. The number of pyridine rings is 1. The molecule has 3 rings (SSSR count). The van der Waals surface area contributed by atoms with Crippen LogP contribution < -0.4 is 5.32 Å². The highest BCUT2D eigenvalue weighted by molar-refractivity contribution is 5.67. The molecule has 2 aromatic heterocycles. The maximum atomic E-state index is 11.6. The maximum Gasteiger partial charge on any atom is 0.407 e. The molecule has 1 aliphatic carbocycles. The van der Waals surface area contributed by atoms with Gasteiger partial charge in [0.15, 0.2) is 0 Å². The van der Waals surface area contributed by atoms with Crippen molar-refractivity contribution in [3.63, 3.8) is 0 Å². The molecule has 0 unspecified atom stereocenters. The minimum absolute atomic E-state index is 0.365. The van der Waals surface area contributed by atoms with Gasteiger partial charge in [0.1, 0.15) is 0 Å². The average Bonchev–Trinajstić information content (AvgIpc) is 2.98. The van der Waals surface area contributed by atoms with Gasteiger partial charge in [-0.05, 0) is 36.5 Å². The normalized spacial score (nSPS) is 14.5. The van der Waals surface area contributed by atoms with Crippen LogP contribution in [0.2, 0.25) is 0 Å². The lowest BCUT2D eigenvalue weighted by Crippen LogP contribution is -2.27. The second-order valence-electron chi connectivity index (χ2n) is 5.34. The Balaban J connectivity index is 1.50. The number of rotatable bonds is 5. The smallest absolute Gasteiger partial charge is 0.407 e. The fraction of sp³-hybridized carbons (Fsp3) is 0.375. The number of nitrogens with one attached hydrogen (secondary N) is 1. The molecule has 110 valence electrons. The van der Waals surface area contributed by atoms with E-state index in [0.717, 1.165) is 16.7 Å². The number of hydrogen-bond acceptors (Lipinski definition) is 4. The molecule has 1 aliphatic rings. The van der Waals surface area contributed by atoms with Crippen LogP contribution in [0.5, 0.6) is 0 Å². The minimum Gasteiger partial charge on any atom is -0.472 e. The van der Waals surface area contributed by atoms with Gasteiger partial charge in [-0.2, -0.15) is 0 Å². The van der Waals surface area contributed by atoms with Crippen molar-refractivity contribution in [1.29, 1.82) is 0 Å². The lowest BCUT2D eigenvalue weighted by Gasteiger charge is -2.24. The van der Waals surface area contributed by atoms with Crippen LogP contribution in [0.25, 0.3) is 11.1 Å². The van der Waals surface area contributed by atoms with E-state index in [1.807, 2.05) is 12.1 Å². The molecule has 0 bridgehead atoms. The first-order valence-electron chi connectivity index (χ1n) is 7.18. The Hall–Kier alpha value is -2.30. The quantitative estimate of drug-likeness (QED) is 0.915. The molecule has 1 N–H and O–H groups in total. The Morgan fingerprint density at radius 3 is 3.00 bits per heavy atom. The van der Waals surface area contributed by atoms with Crippen LogP contribution in [0, 0.1) is 5.92 Å². The van der Waals surface area contributed by atoms with Gasteiger partial charge in [0.25, 0.3) is 0 Å². The van der Waals surface area contributed by atoms with Gasteiger partial charge in [0, 0.05) is 30.1 Å².